The van der Waals surface area contributed by atoms with Crippen molar-refractivity contribution < 1.29 is 9.53 Å². The number of nitrogens with zero attached hydrogens (tertiary/aromatic N) is 1. The number of carbonyl (C=O) groups is 1. The molecule has 0 radical (unpaired) electrons. The largest absolute Gasteiger partial charge is 0.481 e. The van der Waals surface area contributed by atoms with Crippen LogP contribution < -0.4 is 15.4 Å². The number of hydrogen-bond donors (Lipinski definition) is 1. The molecule has 4 nitrogen and oxygen atoms in total. The maximum atomic E-state index is 12.1. The van der Waals surface area contributed by atoms with Gasteiger partial charge in [0.25, 0.3) is 5.91 Å². The maximum absolute atomic E-state index is 12.1. The van der Waals surface area contributed by atoms with Crippen LogP contribution in [0.2, 0.25) is 5.02 Å². The minimum Gasteiger partial charge on any atom is -0.481 e. The van der Waals surface area contributed by atoms with Crippen molar-refractivity contribution in [3.05, 3.63) is 53.1 Å². The summed E-state index contributed by atoms with van der Waals surface area (Å²) in [6, 6.07) is 12.7. The fourth-order valence-corrected chi connectivity index (χ4v) is 2.29. The minimum absolute atomic E-state index is 0.0318. The first kappa shape index (κ1) is 12.8. The van der Waals surface area contributed by atoms with Crippen molar-refractivity contribution in [3.8, 4) is 5.75 Å². The lowest BCUT2D eigenvalue weighted by Gasteiger charge is -2.29. The molecule has 3 rings (SSSR count). The highest BCUT2D eigenvalue weighted by atomic mass is 35.5. The van der Waals surface area contributed by atoms with Crippen LogP contribution in [-0.4, -0.2) is 12.5 Å². The Hall–Kier alpha value is -2.20. The SMILES string of the molecule is Nc1ccc2c(c1)OCC(=O)N2Cc1ccc(Cl)cc1. The zero-order chi connectivity index (χ0) is 14.1. The lowest BCUT2D eigenvalue weighted by Crippen LogP contribution is -2.38. The molecule has 1 amide bonds. The summed E-state index contributed by atoms with van der Waals surface area (Å²) in [7, 11) is 0. The van der Waals surface area contributed by atoms with Gasteiger partial charge >= 0.3 is 0 Å². The van der Waals surface area contributed by atoms with Gasteiger partial charge in [-0.25, -0.2) is 0 Å². The summed E-state index contributed by atoms with van der Waals surface area (Å²) < 4.78 is 5.41. The van der Waals surface area contributed by atoms with Gasteiger partial charge in [0.1, 0.15) is 5.75 Å². The fraction of sp³-hybridized carbons (Fsp3) is 0.133. The van der Waals surface area contributed by atoms with Crippen LogP contribution in [0.5, 0.6) is 5.75 Å². The summed E-state index contributed by atoms with van der Waals surface area (Å²) in [5, 5.41) is 0.676. The van der Waals surface area contributed by atoms with E-state index in [4.69, 9.17) is 22.1 Å². The number of nitrogen functional groups attached to an aromatic ring is 1. The average Bonchev–Trinajstić information content (AvgIpc) is 2.44. The predicted molar refractivity (Wildman–Crippen MR) is 79.0 cm³/mol. The Balaban J connectivity index is 1.93. The highest BCUT2D eigenvalue weighted by Gasteiger charge is 2.25. The standard InChI is InChI=1S/C15H13ClN2O2/c16-11-3-1-10(2-4-11)8-18-13-6-5-12(17)7-14(13)20-9-15(18)19/h1-7H,8-9,17H2. The molecule has 20 heavy (non-hydrogen) atoms. The molecule has 0 aromatic heterocycles. The van der Waals surface area contributed by atoms with Gasteiger partial charge in [-0.1, -0.05) is 23.7 Å². The molecule has 0 fully saturated rings. The van der Waals surface area contributed by atoms with Crippen molar-refractivity contribution in [3.63, 3.8) is 0 Å². The molecule has 2 N–H and O–H groups in total. The zero-order valence-corrected chi connectivity index (χ0v) is 11.4. The molecule has 0 atom stereocenters. The highest BCUT2D eigenvalue weighted by Crippen LogP contribution is 2.34. The zero-order valence-electron chi connectivity index (χ0n) is 10.7. The Morgan fingerprint density at radius 2 is 1.95 bits per heavy atom. The minimum atomic E-state index is -0.0720. The molecular weight excluding hydrogens is 276 g/mol. The van der Waals surface area contributed by atoms with Crippen molar-refractivity contribution in [1.29, 1.82) is 0 Å². The van der Waals surface area contributed by atoms with E-state index in [-0.39, 0.29) is 12.5 Å². The predicted octanol–water partition coefficient (Wildman–Crippen LogP) is 2.85. The second-order valence-electron chi connectivity index (χ2n) is 4.62. The highest BCUT2D eigenvalue weighted by molar-refractivity contribution is 6.30. The number of nitrogens with two attached hydrogens (primary N) is 1. The molecule has 0 spiro atoms. The van der Waals surface area contributed by atoms with Gasteiger partial charge in [0.05, 0.1) is 12.2 Å². The molecule has 102 valence electrons. The van der Waals surface area contributed by atoms with Crippen LogP contribution in [0, 0.1) is 0 Å². The van der Waals surface area contributed by atoms with Gasteiger partial charge in [-0.15, -0.1) is 0 Å². The third-order valence-corrected chi connectivity index (χ3v) is 3.43. The number of halogens is 1. The van der Waals surface area contributed by atoms with Gasteiger partial charge in [0.15, 0.2) is 6.61 Å². The normalized spacial score (nSPS) is 13.8. The van der Waals surface area contributed by atoms with Crippen LogP contribution in [0.15, 0.2) is 42.5 Å². The number of hydrogen-bond acceptors (Lipinski definition) is 3. The number of amides is 1. The van der Waals surface area contributed by atoms with E-state index in [0.717, 1.165) is 11.3 Å². The summed E-state index contributed by atoms with van der Waals surface area (Å²) in [6.45, 7) is 0.514. The first-order valence-electron chi connectivity index (χ1n) is 6.20. The first-order valence-corrected chi connectivity index (χ1v) is 6.58. The number of anilines is 2. The summed E-state index contributed by atoms with van der Waals surface area (Å²) in [5.41, 5.74) is 8.10. The van der Waals surface area contributed by atoms with Crippen LogP contribution in [-0.2, 0) is 11.3 Å². The fourth-order valence-electron chi connectivity index (χ4n) is 2.17. The quantitative estimate of drug-likeness (QED) is 0.865. The monoisotopic (exact) mass is 288 g/mol. The van der Waals surface area contributed by atoms with E-state index in [1.54, 1.807) is 23.1 Å². The summed E-state index contributed by atoms with van der Waals surface area (Å²) in [6.07, 6.45) is 0. The van der Waals surface area contributed by atoms with Crippen molar-refractivity contribution >= 4 is 28.9 Å². The number of rotatable bonds is 2. The van der Waals surface area contributed by atoms with Crippen molar-refractivity contribution in [2.24, 2.45) is 0 Å². The van der Waals surface area contributed by atoms with Gasteiger partial charge < -0.3 is 15.4 Å². The Morgan fingerprint density at radius 3 is 2.70 bits per heavy atom. The van der Waals surface area contributed by atoms with Crippen molar-refractivity contribution in [2.75, 3.05) is 17.2 Å². The Kier molecular flexibility index (Phi) is 3.24. The summed E-state index contributed by atoms with van der Waals surface area (Å²) in [5.74, 6) is 0.566. The Morgan fingerprint density at radius 1 is 1.20 bits per heavy atom. The molecule has 1 aliphatic heterocycles. The molecule has 0 saturated heterocycles. The average molecular weight is 289 g/mol. The molecule has 0 unspecified atom stereocenters. The van der Waals surface area contributed by atoms with E-state index < -0.39 is 0 Å². The van der Waals surface area contributed by atoms with E-state index in [1.165, 1.54) is 0 Å². The van der Waals surface area contributed by atoms with Crippen LogP contribution in [0.4, 0.5) is 11.4 Å². The molecule has 2 aromatic carbocycles. The van der Waals surface area contributed by atoms with E-state index in [0.29, 0.717) is 23.0 Å². The lowest BCUT2D eigenvalue weighted by atomic mass is 10.1. The third-order valence-electron chi connectivity index (χ3n) is 3.18. The summed E-state index contributed by atoms with van der Waals surface area (Å²) >= 11 is 5.87. The second-order valence-corrected chi connectivity index (χ2v) is 5.06. The van der Waals surface area contributed by atoms with E-state index in [9.17, 15) is 4.79 Å². The van der Waals surface area contributed by atoms with E-state index >= 15 is 0 Å². The molecule has 0 bridgehead atoms. The third kappa shape index (κ3) is 2.42. The summed E-state index contributed by atoms with van der Waals surface area (Å²) in [4.78, 5) is 13.8. The smallest absolute Gasteiger partial charge is 0.265 e. The van der Waals surface area contributed by atoms with Crippen LogP contribution in [0.3, 0.4) is 0 Å². The van der Waals surface area contributed by atoms with Gasteiger partial charge in [-0.2, -0.15) is 0 Å². The Labute approximate surface area is 121 Å². The van der Waals surface area contributed by atoms with Gasteiger partial charge in [0, 0.05) is 16.8 Å². The van der Waals surface area contributed by atoms with E-state index in [1.807, 2.05) is 24.3 Å². The number of benzene rings is 2. The first-order chi connectivity index (χ1) is 9.63. The van der Waals surface area contributed by atoms with Crippen molar-refractivity contribution in [1.82, 2.24) is 0 Å². The van der Waals surface area contributed by atoms with Crippen LogP contribution >= 0.6 is 11.6 Å². The van der Waals surface area contributed by atoms with Gasteiger partial charge in [-0.3, -0.25) is 4.79 Å². The second kappa shape index (κ2) is 5.06. The van der Waals surface area contributed by atoms with Crippen molar-refractivity contribution in [2.45, 2.75) is 6.54 Å². The molecule has 0 aliphatic carbocycles. The number of fused-ring (bicyclic) bond motifs is 1. The molecule has 2 aromatic rings. The van der Waals surface area contributed by atoms with Crippen LogP contribution in [0.1, 0.15) is 5.56 Å². The molecule has 0 saturated carbocycles. The number of ether oxygens (including phenoxy) is 1. The molecular formula is C15H13ClN2O2. The number of carbonyl (C=O) groups excluding carboxylic acids is 1. The molecule has 5 heteroatoms. The molecule has 1 heterocycles. The van der Waals surface area contributed by atoms with E-state index in [2.05, 4.69) is 0 Å². The maximum Gasteiger partial charge on any atom is 0.265 e. The Bertz CT molecular complexity index is 655. The van der Waals surface area contributed by atoms with Gasteiger partial charge in [0.2, 0.25) is 0 Å². The van der Waals surface area contributed by atoms with Gasteiger partial charge in [-0.05, 0) is 29.8 Å². The van der Waals surface area contributed by atoms with Crippen LogP contribution in [0.25, 0.3) is 0 Å². The molecule has 1 aliphatic rings. The lowest BCUT2D eigenvalue weighted by molar-refractivity contribution is -0.121. The topological polar surface area (TPSA) is 55.6 Å².